The van der Waals surface area contributed by atoms with Gasteiger partial charge in [0, 0.05) is 26.2 Å². The van der Waals surface area contributed by atoms with Crippen molar-refractivity contribution < 1.29 is 9.50 Å². The molecule has 0 amide bonds. The highest BCUT2D eigenvalue weighted by Crippen LogP contribution is 2.30. The van der Waals surface area contributed by atoms with E-state index < -0.39 is 5.82 Å². The lowest BCUT2D eigenvalue weighted by Gasteiger charge is -2.35. The van der Waals surface area contributed by atoms with Crippen LogP contribution in [0, 0.1) is 5.82 Å². The highest BCUT2D eigenvalue weighted by Gasteiger charge is 2.19. The number of halogens is 1. The Morgan fingerprint density at radius 2 is 1.94 bits per heavy atom. The molecule has 16 heavy (non-hydrogen) atoms. The average Bonchev–Trinajstić information content (AvgIpc) is 2.33. The standard InChI is InChI=1S/C12H17FN2O/c1-2-14-6-8-15(9-7-14)11-5-3-4-10(13)12(11)16/h3-5,16H,2,6-9H2,1H3. The molecular formula is C12H17FN2O. The Morgan fingerprint density at radius 3 is 2.56 bits per heavy atom. The van der Waals surface area contributed by atoms with E-state index in [0.29, 0.717) is 5.69 Å². The normalized spacial score (nSPS) is 17.8. The molecule has 1 aromatic carbocycles. The first-order valence-corrected chi connectivity index (χ1v) is 5.67. The summed E-state index contributed by atoms with van der Waals surface area (Å²) in [6, 6.07) is 4.68. The van der Waals surface area contributed by atoms with Gasteiger partial charge < -0.3 is 14.9 Å². The molecule has 1 aliphatic heterocycles. The van der Waals surface area contributed by atoms with E-state index in [1.165, 1.54) is 6.07 Å². The number of aromatic hydroxyl groups is 1. The second-order valence-electron chi connectivity index (χ2n) is 4.03. The molecule has 0 saturated carbocycles. The van der Waals surface area contributed by atoms with Crippen molar-refractivity contribution in [3.05, 3.63) is 24.0 Å². The maximum Gasteiger partial charge on any atom is 0.175 e. The fourth-order valence-electron chi connectivity index (χ4n) is 2.06. The number of hydrogen-bond acceptors (Lipinski definition) is 3. The number of likely N-dealkylation sites (N-methyl/N-ethyl adjacent to an activating group) is 1. The van der Waals surface area contributed by atoms with Crippen molar-refractivity contribution in [3.8, 4) is 5.75 Å². The summed E-state index contributed by atoms with van der Waals surface area (Å²) in [5, 5.41) is 9.64. The first kappa shape index (κ1) is 11.2. The fraction of sp³-hybridized carbons (Fsp3) is 0.500. The van der Waals surface area contributed by atoms with Crippen LogP contribution in [0.4, 0.5) is 10.1 Å². The molecule has 2 rings (SSSR count). The molecule has 3 nitrogen and oxygen atoms in total. The number of nitrogens with zero attached hydrogens (tertiary/aromatic N) is 2. The van der Waals surface area contributed by atoms with Crippen LogP contribution < -0.4 is 4.90 Å². The topological polar surface area (TPSA) is 26.7 Å². The Morgan fingerprint density at radius 1 is 1.25 bits per heavy atom. The van der Waals surface area contributed by atoms with Crippen molar-refractivity contribution in [2.24, 2.45) is 0 Å². The Balaban J connectivity index is 2.11. The summed E-state index contributed by atoms with van der Waals surface area (Å²) < 4.78 is 13.2. The van der Waals surface area contributed by atoms with E-state index in [9.17, 15) is 9.50 Å². The monoisotopic (exact) mass is 224 g/mol. The lowest BCUT2D eigenvalue weighted by molar-refractivity contribution is 0.270. The summed E-state index contributed by atoms with van der Waals surface area (Å²) in [6.45, 7) is 6.78. The molecule has 0 bridgehead atoms. The number of phenols is 1. The fourth-order valence-corrected chi connectivity index (χ4v) is 2.06. The van der Waals surface area contributed by atoms with Crippen LogP contribution in [-0.4, -0.2) is 42.7 Å². The minimum Gasteiger partial charge on any atom is -0.503 e. The molecule has 1 fully saturated rings. The third kappa shape index (κ3) is 2.11. The molecule has 0 radical (unpaired) electrons. The van der Waals surface area contributed by atoms with Crippen molar-refractivity contribution >= 4 is 5.69 Å². The molecule has 4 heteroatoms. The van der Waals surface area contributed by atoms with Crippen LogP contribution >= 0.6 is 0 Å². The van der Waals surface area contributed by atoms with Gasteiger partial charge in [0.15, 0.2) is 11.6 Å². The maximum absolute atomic E-state index is 13.2. The van der Waals surface area contributed by atoms with Crippen molar-refractivity contribution in [2.45, 2.75) is 6.92 Å². The van der Waals surface area contributed by atoms with Gasteiger partial charge >= 0.3 is 0 Å². The Labute approximate surface area is 95.1 Å². The molecule has 0 atom stereocenters. The van der Waals surface area contributed by atoms with Crippen LogP contribution in [0.1, 0.15) is 6.92 Å². The smallest absolute Gasteiger partial charge is 0.175 e. The molecule has 0 aromatic heterocycles. The van der Waals surface area contributed by atoms with Gasteiger partial charge in [0.2, 0.25) is 0 Å². The van der Waals surface area contributed by atoms with Gasteiger partial charge in [0.1, 0.15) is 0 Å². The van der Waals surface area contributed by atoms with Gasteiger partial charge in [-0.05, 0) is 18.7 Å². The van der Waals surface area contributed by atoms with Crippen LogP contribution in [0.5, 0.6) is 5.75 Å². The summed E-state index contributed by atoms with van der Waals surface area (Å²) in [5.74, 6) is -0.775. The van der Waals surface area contributed by atoms with E-state index in [1.54, 1.807) is 12.1 Å². The lowest BCUT2D eigenvalue weighted by Crippen LogP contribution is -2.46. The van der Waals surface area contributed by atoms with Gasteiger partial charge in [-0.2, -0.15) is 0 Å². The number of hydrogen-bond donors (Lipinski definition) is 1. The van der Waals surface area contributed by atoms with Crippen molar-refractivity contribution in [2.75, 3.05) is 37.6 Å². The summed E-state index contributed by atoms with van der Waals surface area (Å²) in [5.41, 5.74) is 0.607. The molecule has 1 aliphatic rings. The molecule has 0 aliphatic carbocycles. The van der Waals surface area contributed by atoms with E-state index >= 15 is 0 Å². The molecule has 88 valence electrons. The van der Waals surface area contributed by atoms with Crippen LogP contribution in [0.15, 0.2) is 18.2 Å². The van der Waals surface area contributed by atoms with E-state index in [-0.39, 0.29) is 5.75 Å². The van der Waals surface area contributed by atoms with Crippen molar-refractivity contribution in [1.82, 2.24) is 4.90 Å². The minimum absolute atomic E-state index is 0.229. The summed E-state index contributed by atoms with van der Waals surface area (Å²) in [6.07, 6.45) is 0. The van der Waals surface area contributed by atoms with Gasteiger partial charge in [0.25, 0.3) is 0 Å². The van der Waals surface area contributed by atoms with Gasteiger partial charge in [-0.25, -0.2) is 4.39 Å². The minimum atomic E-state index is -0.546. The summed E-state index contributed by atoms with van der Waals surface area (Å²) in [7, 11) is 0. The zero-order valence-electron chi connectivity index (χ0n) is 9.49. The number of anilines is 1. The summed E-state index contributed by atoms with van der Waals surface area (Å²) >= 11 is 0. The van der Waals surface area contributed by atoms with Crippen LogP contribution in [0.2, 0.25) is 0 Å². The molecule has 1 N–H and O–H groups in total. The number of piperazine rings is 1. The van der Waals surface area contributed by atoms with Gasteiger partial charge in [-0.1, -0.05) is 13.0 Å². The Bertz CT molecular complexity index is 362. The second kappa shape index (κ2) is 4.70. The third-order valence-electron chi connectivity index (χ3n) is 3.13. The number of phenolic OH excluding ortho intramolecular Hbond substituents is 1. The zero-order chi connectivity index (χ0) is 11.5. The highest BCUT2D eigenvalue weighted by molar-refractivity contribution is 5.58. The molecule has 1 aromatic rings. The van der Waals surface area contributed by atoms with E-state index in [2.05, 4.69) is 11.8 Å². The lowest BCUT2D eigenvalue weighted by atomic mass is 10.2. The molecule has 0 spiro atoms. The second-order valence-corrected chi connectivity index (χ2v) is 4.03. The molecule has 1 heterocycles. The first-order valence-electron chi connectivity index (χ1n) is 5.67. The van der Waals surface area contributed by atoms with Crippen LogP contribution in [0.25, 0.3) is 0 Å². The van der Waals surface area contributed by atoms with Crippen LogP contribution in [-0.2, 0) is 0 Å². The van der Waals surface area contributed by atoms with Gasteiger partial charge in [0.05, 0.1) is 5.69 Å². The molecule has 1 saturated heterocycles. The maximum atomic E-state index is 13.2. The van der Waals surface area contributed by atoms with E-state index in [0.717, 1.165) is 32.7 Å². The quantitative estimate of drug-likeness (QED) is 0.828. The number of benzene rings is 1. The molecule has 0 unspecified atom stereocenters. The number of rotatable bonds is 2. The van der Waals surface area contributed by atoms with Gasteiger partial charge in [-0.15, -0.1) is 0 Å². The Kier molecular flexibility index (Phi) is 3.29. The van der Waals surface area contributed by atoms with Gasteiger partial charge in [-0.3, -0.25) is 0 Å². The van der Waals surface area contributed by atoms with E-state index in [4.69, 9.17) is 0 Å². The van der Waals surface area contributed by atoms with Crippen molar-refractivity contribution in [1.29, 1.82) is 0 Å². The van der Waals surface area contributed by atoms with E-state index in [1.807, 2.05) is 4.90 Å². The first-order chi connectivity index (χ1) is 7.72. The van der Waals surface area contributed by atoms with Crippen molar-refractivity contribution in [3.63, 3.8) is 0 Å². The van der Waals surface area contributed by atoms with Crippen LogP contribution in [0.3, 0.4) is 0 Å². The largest absolute Gasteiger partial charge is 0.503 e. The Hall–Kier alpha value is -1.29. The number of para-hydroxylation sites is 1. The SMILES string of the molecule is CCN1CCN(c2cccc(F)c2O)CC1. The highest BCUT2D eigenvalue weighted by atomic mass is 19.1. The zero-order valence-corrected chi connectivity index (χ0v) is 9.49. The summed E-state index contributed by atoms with van der Waals surface area (Å²) in [4.78, 5) is 4.37. The predicted molar refractivity (Wildman–Crippen MR) is 62.4 cm³/mol. The average molecular weight is 224 g/mol. The molecular weight excluding hydrogens is 207 g/mol. The third-order valence-corrected chi connectivity index (χ3v) is 3.13. The predicted octanol–water partition coefficient (Wildman–Crippen LogP) is 1.67.